The van der Waals surface area contributed by atoms with E-state index in [9.17, 15) is 4.79 Å². The molecule has 0 atom stereocenters. The zero-order valence-electron chi connectivity index (χ0n) is 16.6. The number of benzene rings is 1. The first-order chi connectivity index (χ1) is 13.7. The molecule has 0 unspecified atom stereocenters. The van der Waals surface area contributed by atoms with E-state index in [1.165, 1.54) is 12.1 Å². The van der Waals surface area contributed by atoms with Crippen molar-refractivity contribution in [2.75, 3.05) is 56.5 Å². The normalized spacial score (nSPS) is 18.2. The van der Waals surface area contributed by atoms with Crippen LogP contribution in [0.2, 0.25) is 0 Å². The van der Waals surface area contributed by atoms with Gasteiger partial charge in [0.2, 0.25) is 0 Å². The second-order valence-corrected chi connectivity index (χ2v) is 7.78. The maximum absolute atomic E-state index is 12.7. The van der Waals surface area contributed by atoms with Crippen LogP contribution in [0.15, 0.2) is 42.7 Å². The average molecular weight is 380 g/mol. The van der Waals surface area contributed by atoms with Gasteiger partial charge in [-0.15, -0.1) is 0 Å². The highest BCUT2D eigenvalue weighted by atomic mass is 16.2. The Labute approximate surface area is 167 Å². The van der Waals surface area contributed by atoms with Gasteiger partial charge in [0.25, 0.3) is 5.91 Å². The van der Waals surface area contributed by atoms with E-state index >= 15 is 0 Å². The van der Waals surface area contributed by atoms with E-state index in [1.54, 1.807) is 12.4 Å². The smallest absolute Gasteiger partial charge is 0.255 e. The predicted octanol–water partition coefficient (Wildman–Crippen LogP) is 3.20. The standard InChI is InChI=1S/C22H29N5O/c1-25-11-13-26(14-12-25)21-7-5-19(6-8-21)24-20-15-18(16-23-17-20)22(28)27-9-3-2-4-10-27/h5-8,15-17,24H,2-4,9-14H2,1H3. The van der Waals surface area contributed by atoms with E-state index in [0.717, 1.165) is 63.5 Å². The SMILES string of the molecule is CN1CCN(c2ccc(Nc3cncc(C(=O)N4CCCCC4)c3)cc2)CC1. The van der Waals surface area contributed by atoms with Crippen LogP contribution in [0.25, 0.3) is 0 Å². The fourth-order valence-electron chi connectivity index (χ4n) is 3.89. The first-order valence-corrected chi connectivity index (χ1v) is 10.2. The third kappa shape index (κ3) is 4.44. The molecule has 2 aromatic rings. The number of pyridine rings is 1. The number of rotatable bonds is 4. The molecular formula is C22H29N5O. The average Bonchev–Trinajstić information content (AvgIpc) is 2.75. The van der Waals surface area contributed by atoms with E-state index in [4.69, 9.17) is 0 Å². The molecular weight excluding hydrogens is 350 g/mol. The van der Waals surface area contributed by atoms with Crippen LogP contribution in [0.5, 0.6) is 0 Å². The summed E-state index contributed by atoms with van der Waals surface area (Å²) in [5.41, 5.74) is 3.75. The number of nitrogens with one attached hydrogen (secondary N) is 1. The monoisotopic (exact) mass is 379 g/mol. The lowest BCUT2D eigenvalue weighted by Crippen LogP contribution is -2.44. The first kappa shape index (κ1) is 18.7. The zero-order valence-corrected chi connectivity index (χ0v) is 16.6. The van der Waals surface area contributed by atoms with Crippen LogP contribution in [-0.4, -0.2) is 67.0 Å². The Hall–Kier alpha value is -2.60. The summed E-state index contributed by atoms with van der Waals surface area (Å²) in [6.07, 6.45) is 6.83. The Morgan fingerprint density at radius 1 is 0.893 bits per heavy atom. The molecule has 6 nitrogen and oxygen atoms in total. The van der Waals surface area contributed by atoms with Crippen molar-refractivity contribution in [3.8, 4) is 0 Å². The van der Waals surface area contributed by atoms with Crippen molar-refractivity contribution in [2.45, 2.75) is 19.3 Å². The van der Waals surface area contributed by atoms with Crippen molar-refractivity contribution in [3.05, 3.63) is 48.3 Å². The second kappa shape index (κ2) is 8.61. The number of aromatic nitrogens is 1. The van der Waals surface area contributed by atoms with Gasteiger partial charge in [0.05, 0.1) is 17.4 Å². The van der Waals surface area contributed by atoms with Crippen molar-refractivity contribution >= 4 is 23.0 Å². The Morgan fingerprint density at radius 2 is 1.61 bits per heavy atom. The molecule has 0 saturated carbocycles. The lowest BCUT2D eigenvalue weighted by Gasteiger charge is -2.34. The minimum absolute atomic E-state index is 0.0845. The lowest BCUT2D eigenvalue weighted by atomic mass is 10.1. The van der Waals surface area contributed by atoms with Gasteiger partial charge in [0.15, 0.2) is 0 Å². The molecule has 2 aliphatic heterocycles. The molecule has 1 amide bonds. The third-order valence-electron chi connectivity index (χ3n) is 5.65. The second-order valence-electron chi connectivity index (χ2n) is 7.78. The summed E-state index contributed by atoms with van der Waals surface area (Å²) in [6, 6.07) is 10.4. The predicted molar refractivity (Wildman–Crippen MR) is 113 cm³/mol. The molecule has 148 valence electrons. The molecule has 0 bridgehead atoms. The van der Waals surface area contributed by atoms with E-state index in [2.05, 4.69) is 51.4 Å². The number of nitrogens with zero attached hydrogens (tertiary/aromatic N) is 4. The minimum Gasteiger partial charge on any atom is -0.369 e. The Morgan fingerprint density at radius 3 is 2.32 bits per heavy atom. The Kier molecular flexibility index (Phi) is 5.76. The quantitative estimate of drug-likeness (QED) is 0.884. The van der Waals surface area contributed by atoms with Crippen LogP contribution in [0.1, 0.15) is 29.6 Å². The van der Waals surface area contributed by atoms with Gasteiger partial charge in [-0.05, 0) is 56.6 Å². The highest BCUT2D eigenvalue weighted by Crippen LogP contribution is 2.23. The molecule has 28 heavy (non-hydrogen) atoms. The van der Waals surface area contributed by atoms with Crippen molar-refractivity contribution in [3.63, 3.8) is 0 Å². The fraction of sp³-hybridized carbons (Fsp3) is 0.455. The van der Waals surface area contributed by atoms with Crippen LogP contribution >= 0.6 is 0 Å². The first-order valence-electron chi connectivity index (χ1n) is 10.2. The molecule has 2 aliphatic rings. The van der Waals surface area contributed by atoms with Gasteiger partial charge in [-0.3, -0.25) is 9.78 Å². The van der Waals surface area contributed by atoms with Crippen LogP contribution < -0.4 is 10.2 Å². The molecule has 0 radical (unpaired) electrons. The molecule has 1 aromatic heterocycles. The number of amides is 1. The molecule has 0 aliphatic carbocycles. The van der Waals surface area contributed by atoms with E-state index < -0.39 is 0 Å². The van der Waals surface area contributed by atoms with Gasteiger partial charge in [0, 0.05) is 56.8 Å². The van der Waals surface area contributed by atoms with E-state index in [1.807, 2.05) is 11.0 Å². The van der Waals surface area contributed by atoms with Gasteiger partial charge in [-0.1, -0.05) is 0 Å². The number of hydrogen-bond donors (Lipinski definition) is 1. The van der Waals surface area contributed by atoms with Gasteiger partial charge in [-0.25, -0.2) is 0 Å². The van der Waals surface area contributed by atoms with Crippen LogP contribution in [0.3, 0.4) is 0 Å². The fourth-order valence-corrected chi connectivity index (χ4v) is 3.89. The minimum atomic E-state index is 0.0845. The molecule has 1 N–H and O–H groups in total. The number of carbonyl (C=O) groups excluding carboxylic acids is 1. The highest BCUT2D eigenvalue weighted by Gasteiger charge is 2.19. The molecule has 2 fully saturated rings. The number of anilines is 3. The Bertz CT molecular complexity index is 793. The molecule has 2 saturated heterocycles. The van der Waals surface area contributed by atoms with Gasteiger partial charge in [-0.2, -0.15) is 0 Å². The van der Waals surface area contributed by atoms with Gasteiger partial charge < -0.3 is 20.0 Å². The van der Waals surface area contributed by atoms with Gasteiger partial charge in [0.1, 0.15) is 0 Å². The summed E-state index contributed by atoms with van der Waals surface area (Å²) < 4.78 is 0. The number of carbonyl (C=O) groups is 1. The number of likely N-dealkylation sites (tertiary alicyclic amines) is 1. The molecule has 3 heterocycles. The van der Waals surface area contributed by atoms with Crippen molar-refractivity contribution < 1.29 is 4.79 Å². The summed E-state index contributed by atoms with van der Waals surface area (Å²) in [5, 5.41) is 3.38. The van der Waals surface area contributed by atoms with E-state index in [-0.39, 0.29) is 5.91 Å². The van der Waals surface area contributed by atoms with Gasteiger partial charge >= 0.3 is 0 Å². The molecule has 1 aromatic carbocycles. The highest BCUT2D eigenvalue weighted by molar-refractivity contribution is 5.95. The molecule has 0 spiro atoms. The van der Waals surface area contributed by atoms with E-state index in [0.29, 0.717) is 5.56 Å². The summed E-state index contributed by atoms with van der Waals surface area (Å²) in [6.45, 7) is 6.03. The van der Waals surface area contributed by atoms with Crippen LogP contribution in [0, 0.1) is 0 Å². The maximum Gasteiger partial charge on any atom is 0.255 e. The molecule has 6 heteroatoms. The number of piperidine rings is 1. The van der Waals surface area contributed by atoms with Crippen molar-refractivity contribution in [1.29, 1.82) is 0 Å². The Balaban J connectivity index is 1.40. The number of likely N-dealkylation sites (N-methyl/N-ethyl adjacent to an activating group) is 1. The summed E-state index contributed by atoms with van der Waals surface area (Å²) >= 11 is 0. The topological polar surface area (TPSA) is 51.7 Å². The lowest BCUT2D eigenvalue weighted by molar-refractivity contribution is 0.0724. The number of piperazine rings is 1. The summed E-state index contributed by atoms with van der Waals surface area (Å²) in [7, 11) is 2.17. The largest absolute Gasteiger partial charge is 0.369 e. The van der Waals surface area contributed by atoms with Crippen molar-refractivity contribution in [1.82, 2.24) is 14.8 Å². The summed E-state index contributed by atoms with van der Waals surface area (Å²) in [5.74, 6) is 0.0845. The summed E-state index contributed by atoms with van der Waals surface area (Å²) in [4.78, 5) is 23.7. The zero-order chi connectivity index (χ0) is 19.3. The van der Waals surface area contributed by atoms with Crippen LogP contribution in [-0.2, 0) is 0 Å². The maximum atomic E-state index is 12.7. The molecule has 4 rings (SSSR count). The third-order valence-corrected chi connectivity index (χ3v) is 5.65. The van der Waals surface area contributed by atoms with Crippen LogP contribution in [0.4, 0.5) is 17.1 Å². The van der Waals surface area contributed by atoms with Crippen molar-refractivity contribution in [2.24, 2.45) is 0 Å². The number of hydrogen-bond acceptors (Lipinski definition) is 5.